The van der Waals surface area contributed by atoms with Crippen molar-refractivity contribution < 1.29 is 0 Å². The summed E-state index contributed by atoms with van der Waals surface area (Å²) in [4.78, 5) is 5.13. The molecule has 0 bridgehead atoms. The van der Waals surface area contributed by atoms with E-state index in [-0.39, 0.29) is 6.71 Å². The summed E-state index contributed by atoms with van der Waals surface area (Å²) in [6.45, 7) is 3.33. The third-order valence-electron chi connectivity index (χ3n) is 9.65. The molecule has 0 aliphatic carbocycles. The van der Waals surface area contributed by atoms with Crippen LogP contribution in [0.4, 0.5) is 28.4 Å². The average molecular weight is 535 g/mol. The number of para-hydroxylation sites is 5. The van der Waals surface area contributed by atoms with E-state index >= 15 is 0 Å². The van der Waals surface area contributed by atoms with Gasteiger partial charge in [0.05, 0.1) is 22.2 Å². The molecule has 2 aliphatic heterocycles. The molecule has 0 N–H and O–H groups in total. The Kier molecular flexibility index (Phi) is 4.26. The van der Waals surface area contributed by atoms with Gasteiger partial charge in [-0.15, -0.1) is 0 Å². The van der Waals surface area contributed by atoms with E-state index in [0.717, 1.165) is 6.54 Å². The van der Waals surface area contributed by atoms with Crippen molar-refractivity contribution >= 4 is 89.6 Å². The van der Waals surface area contributed by atoms with Crippen LogP contribution in [0, 0.1) is 0 Å². The van der Waals surface area contributed by atoms with Gasteiger partial charge in [-0.2, -0.15) is 0 Å². The zero-order valence-corrected chi connectivity index (χ0v) is 23.3. The Morgan fingerprint density at radius 3 is 1.79 bits per heavy atom. The van der Waals surface area contributed by atoms with Crippen molar-refractivity contribution in [3.05, 3.63) is 127 Å². The van der Waals surface area contributed by atoms with Crippen LogP contribution in [0.15, 0.2) is 127 Å². The topological polar surface area (TPSA) is 10.9 Å². The average Bonchev–Trinajstić information content (AvgIpc) is 3.57. The summed E-state index contributed by atoms with van der Waals surface area (Å²) in [7, 11) is 0. The minimum Gasteiger partial charge on any atom is -0.342 e. The van der Waals surface area contributed by atoms with Gasteiger partial charge in [-0.3, -0.25) is 0 Å². The molecule has 2 aliphatic rings. The molecule has 42 heavy (non-hydrogen) atoms. The molecule has 0 radical (unpaired) electrons. The van der Waals surface area contributed by atoms with E-state index in [1.54, 1.807) is 0 Å². The lowest BCUT2D eigenvalue weighted by atomic mass is 9.33. The van der Waals surface area contributed by atoms with Gasteiger partial charge in [0.25, 0.3) is 6.71 Å². The molecule has 6 aromatic carbocycles. The molecule has 196 valence electrons. The van der Waals surface area contributed by atoms with Crippen LogP contribution in [0.3, 0.4) is 0 Å². The van der Waals surface area contributed by atoms with Gasteiger partial charge >= 0.3 is 0 Å². The molecule has 0 saturated heterocycles. The maximum atomic E-state index is 2.58. The molecule has 3 nitrogen and oxygen atoms in total. The molecule has 8 aromatic rings. The Hall–Kier alpha value is -5.22. The Bertz CT molecular complexity index is 2370. The van der Waals surface area contributed by atoms with Gasteiger partial charge in [0, 0.05) is 50.8 Å². The smallest absolute Gasteiger partial charge is 0.252 e. The van der Waals surface area contributed by atoms with Crippen LogP contribution in [-0.2, 0) is 0 Å². The highest BCUT2D eigenvalue weighted by Gasteiger charge is 2.45. The van der Waals surface area contributed by atoms with Crippen molar-refractivity contribution in [3.63, 3.8) is 0 Å². The Morgan fingerprint density at radius 2 is 1.10 bits per heavy atom. The van der Waals surface area contributed by atoms with Crippen LogP contribution < -0.4 is 26.2 Å². The highest BCUT2D eigenvalue weighted by atomic mass is 15.2. The van der Waals surface area contributed by atoms with Gasteiger partial charge in [-0.1, -0.05) is 91.0 Å². The van der Waals surface area contributed by atoms with E-state index in [0.29, 0.717) is 0 Å². The highest BCUT2D eigenvalue weighted by molar-refractivity contribution is 7.01. The van der Waals surface area contributed by atoms with Crippen LogP contribution in [-0.4, -0.2) is 17.7 Å². The number of fused-ring (bicyclic) bond motifs is 12. The highest BCUT2D eigenvalue weighted by Crippen LogP contribution is 2.52. The van der Waals surface area contributed by atoms with Crippen molar-refractivity contribution in [3.8, 4) is 0 Å². The fourth-order valence-electron chi connectivity index (χ4n) is 8.19. The van der Waals surface area contributed by atoms with Crippen LogP contribution >= 0.6 is 0 Å². The number of anilines is 5. The van der Waals surface area contributed by atoms with Gasteiger partial charge in [0.2, 0.25) is 0 Å². The summed E-state index contributed by atoms with van der Waals surface area (Å²) in [5.41, 5.74) is 14.5. The maximum absolute atomic E-state index is 2.58. The van der Waals surface area contributed by atoms with Crippen LogP contribution in [0.25, 0.3) is 38.1 Å². The number of nitrogens with zero attached hydrogens (tertiary/aromatic N) is 3. The van der Waals surface area contributed by atoms with Crippen LogP contribution in [0.2, 0.25) is 0 Å². The predicted octanol–water partition coefficient (Wildman–Crippen LogP) is 7.61. The Balaban J connectivity index is 1.54. The molecular formula is C38H26BN3. The summed E-state index contributed by atoms with van der Waals surface area (Å²) in [5, 5.41) is 5.34. The van der Waals surface area contributed by atoms with Gasteiger partial charge < -0.3 is 14.2 Å². The lowest BCUT2D eigenvalue weighted by Gasteiger charge is -2.44. The quantitative estimate of drug-likeness (QED) is 0.211. The van der Waals surface area contributed by atoms with E-state index in [9.17, 15) is 0 Å². The van der Waals surface area contributed by atoms with Crippen LogP contribution in [0.1, 0.15) is 6.92 Å². The van der Waals surface area contributed by atoms with Crippen molar-refractivity contribution in [1.82, 2.24) is 4.40 Å². The lowest BCUT2D eigenvalue weighted by molar-refractivity contribution is 1.03. The first-order chi connectivity index (χ1) is 20.9. The molecule has 4 heteroatoms. The largest absolute Gasteiger partial charge is 0.342 e. The molecule has 4 heterocycles. The number of hydrogen-bond acceptors (Lipinski definition) is 2. The third-order valence-corrected chi connectivity index (χ3v) is 9.65. The first-order valence-electron chi connectivity index (χ1n) is 14.9. The molecule has 0 unspecified atom stereocenters. The van der Waals surface area contributed by atoms with Gasteiger partial charge in [-0.25, -0.2) is 0 Å². The maximum Gasteiger partial charge on any atom is 0.252 e. The summed E-state index contributed by atoms with van der Waals surface area (Å²) < 4.78 is 2.53. The zero-order valence-electron chi connectivity index (χ0n) is 23.3. The van der Waals surface area contributed by atoms with Crippen molar-refractivity contribution in [2.24, 2.45) is 0 Å². The molecule has 0 fully saturated rings. The standard InChI is InChI=1S/C38H26BN3/c1-2-40-31-22-12-8-18-27(31)39-28-19-9-13-23-32(28)41(24-14-4-3-5-15-24)38-34-26-17-7-11-21-30(26)42-29-20-10-6-16-25(29)33(36(34)42)37(40)35(38)39/h3-23H,2H2,1H3. The summed E-state index contributed by atoms with van der Waals surface area (Å²) in [6, 6.07) is 47.1. The lowest BCUT2D eigenvalue weighted by Crippen LogP contribution is -2.61. The number of benzene rings is 6. The first-order valence-corrected chi connectivity index (χ1v) is 14.9. The monoisotopic (exact) mass is 535 g/mol. The molecule has 0 saturated carbocycles. The molecule has 0 amide bonds. The summed E-state index contributed by atoms with van der Waals surface area (Å²) in [5.74, 6) is 0. The summed E-state index contributed by atoms with van der Waals surface area (Å²) >= 11 is 0. The zero-order chi connectivity index (χ0) is 27.5. The van der Waals surface area contributed by atoms with Gasteiger partial charge in [-0.05, 0) is 59.7 Å². The molecule has 0 spiro atoms. The fourth-order valence-corrected chi connectivity index (χ4v) is 8.19. The molecular weight excluding hydrogens is 509 g/mol. The minimum absolute atomic E-state index is 0.140. The van der Waals surface area contributed by atoms with E-state index in [1.807, 2.05) is 0 Å². The Labute approximate surface area is 244 Å². The number of aromatic nitrogens is 1. The normalized spacial score (nSPS) is 13.8. The van der Waals surface area contributed by atoms with Gasteiger partial charge in [0.15, 0.2) is 0 Å². The van der Waals surface area contributed by atoms with Crippen molar-refractivity contribution in [2.75, 3.05) is 16.3 Å². The van der Waals surface area contributed by atoms with E-state index in [2.05, 4.69) is 149 Å². The predicted molar refractivity (Wildman–Crippen MR) is 180 cm³/mol. The third kappa shape index (κ3) is 2.55. The van der Waals surface area contributed by atoms with Gasteiger partial charge in [0.1, 0.15) is 0 Å². The second kappa shape index (κ2) is 7.95. The molecule has 10 rings (SSSR count). The fraction of sp³-hybridized carbons (Fsp3) is 0.0526. The van der Waals surface area contributed by atoms with Crippen molar-refractivity contribution in [2.45, 2.75) is 6.92 Å². The first kappa shape index (κ1) is 22.5. The molecule has 0 atom stereocenters. The minimum atomic E-state index is 0.140. The second-order valence-electron chi connectivity index (χ2n) is 11.5. The van der Waals surface area contributed by atoms with Crippen molar-refractivity contribution in [1.29, 1.82) is 0 Å². The molecule has 2 aromatic heterocycles. The number of hydrogen-bond donors (Lipinski definition) is 0. The summed E-state index contributed by atoms with van der Waals surface area (Å²) in [6.07, 6.45) is 0. The number of rotatable bonds is 2. The Morgan fingerprint density at radius 1 is 0.548 bits per heavy atom. The van der Waals surface area contributed by atoms with Crippen LogP contribution in [0.5, 0.6) is 0 Å². The van der Waals surface area contributed by atoms with E-state index < -0.39 is 0 Å². The van der Waals surface area contributed by atoms with E-state index in [4.69, 9.17) is 0 Å². The van der Waals surface area contributed by atoms with E-state index in [1.165, 1.54) is 82.9 Å². The SMILES string of the molecule is CCN1c2ccccc2B2c3ccccc3N(c3ccccc3)c3c2c1c1c2ccccc2n2c4ccccc4c3c12. The second-order valence-corrected chi connectivity index (χ2v) is 11.5.